The number of hydrogen-bond donors (Lipinski definition) is 1. The van der Waals surface area contributed by atoms with Crippen LogP contribution in [-0.4, -0.2) is 45.9 Å². The quantitative estimate of drug-likeness (QED) is 0.324. The Labute approximate surface area is 194 Å². The fourth-order valence-corrected chi connectivity index (χ4v) is 3.51. The van der Waals surface area contributed by atoms with E-state index in [0.29, 0.717) is 37.8 Å². The van der Waals surface area contributed by atoms with Crippen LogP contribution in [-0.2, 0) is 13.0 Å². The van der Waals surface area contributed by atoms with E-state index in [-0.39, 0.29) is 6.61 Å². The molecule has 0 aliphatic carbocycles. The van der Waals surface area contributed by atoms with Gasteiger partial charge in [-0.3, -0.25) is 4.90 Å². The van der Waals surface area contributed by atoms with Crippen molar-refractivity contribution >= 4 is 15.9 Å². The SMILES string of the molecule is OC(COc1ccccc1)CN(CCc1nc(-c2ccc(Br)cc2)no1)Cc1ccco1. The normalized spacial score (nSPS) is 12.2. The van der Waals surface area contributed by atoms with Crippen LogP contribution in [0, 0.1) is 0 Å². The van der Waals surface area contributed by atoms with Gasteiger partial charge in [-0.25, -0.2) is 0 Å². The van der Waals surface area contributed by atoms with Gasteiger partial charge in [0.15, 0.2) is 0 Å². The number of aliphatic hydroxyl groups is 1. The molecular weight excluding hydrogens is 474 g/mol. The highest BCUT2D eigenvalue weighted by Gasteiger charge is 2.17. The molecule has 0 fully saturated rings. The van der Waals surface area contributed by atoms with Crippen LogP contribution in [0.5, 0.6) is 5.75 Å². The number of aliphatic hydroxyl groups excluding tert-OH is 1. The molecule has 4 aromatic rings. The van der Waals surface area contributed by atoms with E-state index in [4.69, 9.17) is 13.7 Å². The average Bonchev–Trinajstić information content (AvgIpc) is 3.50. The van der Waals surface area contributed by atoms with Gasteiger partial charge in [0.25, 0.3) is 0 Å². The zero-order valence-corrected chi connectivity index (χ0v) is 19.0. The molecule has 4 rings (SSSR count). The molecule has 2 heterocycles. The third-order valence-corrected chi connectivity index (χ3v) is 5.36. The van der Waals surface area contributed by atoms with E-state index in [9.17, 15) is 5.11 Å². The minimum absolute atomic E-state index is 0.201. The molecular formula is C24H24BrN3O4. The van der Waals surface area contributed by atoms with Gasteiger partial charge < -0.3 is 18.8 Å². The van der Waals surface area contributed by atoms with E-state index >= 15 is 0 Å². The minimum atomic E-state index is -0.661. The molecule has 166 valence electrons. The first kappa shape index (κ1) is 22.3. The maximum Gasteiger partial charge on any atom is 0.228 e. The molecule has 8 heteroatoms. The number of halogens is 1. The van der Waals surface area contributed by atoms with Crippen LogP contribution in [0.15, 0.2) is 86.4 Å². The summed E-state index contributed by atoms with van der Waals surface area (Å²) >= 11 is 3.43. The van der Waals surface area contributed by atoms with E-state index in [1.54, 1.807) is 6.26 Å². The van der Waals surface area contributed by atoms with Gasteiger partial charge in [0.1, 0.15) is 24.2 Å². The van der Waals surface area contributed by atoms with Crippen molar-refractivity contribution in [2.24, 2.45) is 0 Å². The Morgan fingerprint density at radius 1 is 1.03 bits per heavy atom. The van der Waals surface area contributed by atoms with E-state index in [1.807, 2.05) is 66.7 Å². The molecule has 32 heavy (non-hydrogen) atoms. The summed E-state index contributed by atoms with van der Waals surface area (Å²) in [7, 11) is 0. The third kappa shape index (κ3) is 6.53. The van der Waals surface area contributed by atoms with Gasteiger partial charge in [0.05, 0.1) is 12.8 Å². The van der Waals surface area contributed by atoms with Gasteiger partial charge in [-0.15, -0.1) is 0 Å². The Kier molecular flexibility index (Phi) is 7.71. The fraction of sp³-hybridized carbons (Fsp3) is 0.250. The van der Waals surface area contributed by atoms with Crippen molar-refractivity contribution in [3.8, 4) is 17.1 Å². The van der Waals surface area contributed by atoms with Gasteiger partial charge in [-0.2, -0.15) is 4.98 Å². The van der Waals surface area contributed by atoms with Crippen molar-refractivity contribution in [3.63, 3.8) is 0 Å². The van der Waals surface area contributed by atoms with Gasteiger partial charge in [-0.1, -0.05) is 39.3 Å². The molecule has 0 bridgehead atoms. The molecule has 2 aromatic heterocycles. The van der Waals surface area contributed by atoms with Crippen molar-refractivity contribution in [2.45, 2.75) is 19.1 Å². The standard InChI is InChI=1S/C24H24BrN3O4/c25-19-10-8-18(9-11-19)24-26-23(32-27-24)12-13-28(16-22-7-4-14-30-22)15-20(29)17-31-21-5-2-1-3-6-21/h1-11,14,20,29H,12-13,15-17H2. The minimum Gasteiger partial charge on any atom is -0.491 e. The maximum atomic E-state index is 10.5. The number of nitrogens with zero attached hydrogens (tertiary/aromatic N) is 3. The summed E-state index contributed by atoms with van der Waals surface area (Å²) in [6, 6.07) is 21.0. The maximum absolute atomic E-state index is 10.5. The topological polar surface area (TPSA) is 84.8 Å². The molecule has 1 atom stereocenters. The summed E-state index contributed by atoms with van der Waals surface area (Å²) in [4.78, 5) is 6.59. The summed E-state index contributed by atoms with van der Waals surface area (Å²) in [5, 5.41) is 14.6. The van der Waals surface area contributed by atoms with Gasteiger partial charge in [0.2, 0.25) is 11.7 Å². The first-order chi connectivity index (χ1) is 15.7. The smallest absolute Gasteiger partial charge is 0.228 e. The number of para-hydroxylation sites is 1. The van der Waals surface area contributed by atoms with Crippen LogP contribution < -0.4 is 4.74 Å². The van der Waals surface area contributed by atoms with Crippen LogP contribution in [0.4, 0.5) is 0 Å². The first-order valence-electron chi connectivity index (χ1n) is 10.3. The highest BCUT2D eigenvalue weighted by atomic mass is 79.9. The zero-order chi connectivity index (χ0) is 22.2. The Morgan fingerprint density at radius 2 is 1.84 bits per heavy atom. The molecule has 0 radical (unpaired) electrons. The fourth-order valence-electron chi connectivity index (χ4n) is 3.24. The second kappa shape index (κ2) is 11.1. The van der Waals surface area contributed by atoms with Crippen LogP contribution in [0.25, 0.3) is 11.4 Å². The molecule has 0 aliphatic heterocycles. The van der Waals surface area contributed by atoms with Crippen molar-refractivity contribution in [1.82, 2.24) is 15.0 Å². The lowest BCUT2D eigenvalue weighted by Crippen LogP contribution is -2.36. The number of aromatic nitrogens is 2. The number of ether oxygens (including phenoxy) is 1. The van der Waals surface area contributed by atoms with E-state index in [0.717, 1.165) is 21.5 Å². The largest absolute Gasteiger partial charge is 0.491 e. The van der Waals surface area contributed by atoms with Crippen LogP contribution in [0.3, 0.4) is 0 Å². The molecule has 0 saturated carbocycles. The molecule has 7 nitrogen and oxygen atoms in total. The predicted molar refractivity (Wildman–Crippen MR) is 123 cm³/mol. The molecule has 2 aromatic carbocycles. The highest BCUT2D eigenvalue weighted by Crippen LogP contribution is 2.19. The highest BCUT2D eigenvalue weighted by molar-refractivity contribution is 9.10. The van der Waals surface area contributed by atoms with E-state index in [1.165, 1.54) is 0 Å². The van der Waals surface area contributed by atoms with E-state index in [2.05, 4.69) is 31.0 Å². The van der Waals surface area contributed by atoms with Crippen molar-refractivity contribution < 1.29 is 18.8 Å². The average molecular weight is 498 g/mol. The monoisotopic (exact) mass is 497 g/mol. The summed E-state index contributed by atoms with van der Waals surface area (Å²) in [5.74, 6) is 2.65. The lowest BCUT2D eigenvalue weighted by molar-refractivity contribution is 0.0629. The molecule has 1 N–H and O–H groups in total. The molecule has 0 aliphatic rings. The van der Waals surface area contributed by atoms with Crippen LogP contribution >= 0.6 is 15.9 Å². The van der Waals surface area contributed by atoms with Crippen molar-refractivity contribution in [2.75, 3.05) is 19.7 Å². The number of benzene rings is 2. The lowest BCUT2D eigenvalue weighted by atomic mass is 10.2. The Balaban J connectivity index is 1.34. The summed E-state index contributed by atoms with van der Waals surface area (Å²) in [6.45, 7) is 1.79. The molecule has 0 saturated heterocycles. The van der Waals surface area contributed by atoms with Crippen molar-refractivity contribution in [3.05, 3.63) is 89.1 Å². The van der Waals surface area contributed by atoms with Gasteiger partial charge >= 0.3 is 0 Å². The predicted octanol–water partition coefficient (Wildman–Crippen LogP) is 4.58. The summed E-state index contributed by atoms with van der Waals surface area (Å²) < 4.78 is 17.6. The summed E-state index contributed by atoms with van der Waals surface area (Å²) in [5.41, 5.74) is 0.893. The third-order valence-electron chi connectivity index (χ3n) is 4.83. The number of rotatable bonds is 11. The number of furan rings is 1. The summed E-state index contributed by atoms with van der Waals surface area (Å²) in [6.07, 6.45) is 1.53. The Bertz CT molecular complexity index is 1070. The zero-order valence-electron chi connectivity index (χ0n) is 17.4. The molecule has 1 unspecified atom stereocenters. The lowest BCUT2D eigenvalue weighted by Gasteiger charge is -2.23. The molecule has 0 amide bonds. The van der Waals surface area contributed by atoms with Gasteiger partial charge in [-0.05, 0) is 48.5 Å². The Morgan fingerprint density at radius 3 is 2.59 bits per heavy atom. The second-order valence-electron chi connectivity index (χ2n) is 7.36. The van der Waals surface area contributed by atoms with Crippen LogP contribution in [0.2, 0.25) is 0 Å². The second-order valence-corrected chi connectivity index (χ2v) is 8.28. The van der Waals surface area contributed by atoms with Crippen molar-refractivity contribution in [1.29, 1.82) is 0 Å². The first-order valence-corrected chi connectivity index (χ1v) is 11.1. The van der Waals surface area contributed by atoms with Gasteiger partial charge in [0, 0.05) is 29.5 Å². The molecule has 0 spiro atoms. The van der Waals surface area contributed by atoms with E-state index < -0.39 is 6.10 Å². The Hall–Kier alpha value is -2.94. The number of hydrogen-bond acceptors (Lipinski definition) is 7. The van der Waals surface area contributed by atoms with Crippen LogP contribution in [0.1, 0.15) is 11.7 Å².